The highest BCUT2D eigenvalue weighted by molar-refractivity contribution is 7.09. The zero-order chi connectivity index (χ0) is 21.7. The highest BCUT2D eigenvalue weighted by atomic mass is 32.1. The number of amides is 2. The molecule has 0 saturated carbocycles. The van der Waals surface area contributed by atoms with Crippen molar-refractivity contribution in [3.05, 3.63) is 64.0 Å². The third-order valence-corrected chi connectivity index (χ3v) is 4.82. The lowest BCUT2D eigenvalue weighted by Gasteiger charge is -2.11. The van der Waals surface area contributed by atoms with Crippen LogP contribution in [0.5, 0.6) is 0 Å². The van der Waals surface area contributed by atoms with Gasteiger partial charge in [-0.3, -0.25) is 9.59 Å². The first-order valence-corrected chi connectivity index (χ1v) is 9.96. The lowest BCUT2D eigenvalue weighted by Crippen LogP contribution is -2.20. The zero-order valence-electron chi connectivity index (χ0n) is 16.3. The quantitative estimate of drug-likeness (QED) is 0.572. The first kappa shape index (κ1) is 21.5. The lowest BCUT2D eigenvalue weighted by molar-refractivity contribution is -0.120. The topological polar surface area (TPSA) is 80.3 Å². The molecule has 0 spiro atoms. The molecule has 3 rings (SSSR count). The molecular formula is C21H19F2N3O3S. The van der Waals surface area contributed by atoms with Gasteiger partial charge in [0, 0.05) is 29.3 Å². The minimum atomic E-state index is -1.04. The molecule has 3 aromatic rings. The predicted molar refractivity (Wildman–Crippen MR) is 112 cm³/mol. The van der Waals surface area contributed by atoms with Crippen LogP contribution in [0.3, 0.4) is 0 Å². The molecule has 0 aliphatic rings. The summed E-state index contributed by atoms with van der Waals surface area (Å²) in [4.78, 5) is 28.7. The molecule has 0 fully saturated rings. The van der Waals surface area contributed by atoms with E-state index < -0.39 is 29.0 Å². The molecule has 156 valence electrons. The molecule has 0 aliphatic heterocycles. The van der Waals surface area contributed by atoms with Crippen LogP contribution < -0.4 is 10.6 Å². The standard InChI is InChI=1S/C21H19F2N3O3S/c1-3-29-10-20(27)26-18-8-15(16(22)9-17(18)23)21(28)25-14-6-4-5-13(7-14)19-11-30-12(2)24-19/h4-9,11H,3,10H2,1-2H3,(H,25,28)(H,26,27). The number of rotatable bonds is 7. The maximum absolute atomic E-state index is 14.2. The van der Waals surface area contributed by atoms with Crippen molar-refractivity contribution in [2.45, 2.75) is 13.8 Å². The van der Waals surface area contributed by atoms with Gasteiger partial charge in [0.1, 0.15) is 18.2 Å². The summed E-state index contributed by atoms with van der Waals surface area (Å²) in [7, 11) is 0. The number of halogens is 2. The Balaban J connectivity index is 1.80. The van der Waals surface area contributed by atoms with Gasteiger partial charge in [0.15, 0.2) is 0 Å². The van der Waals surface area contributed by atoms with E-state index >= 15 is 0 Å². The molecular weight excluding hydrogens is 412 g/mol. The van der Waals surface area contributed by atoms with E-state index in [4.69, 9.17) is 4.74 Å². The van der Waals surface area contributed by atoms with Crippen molar-refractivity contribution >= 4 is 34.5 Å². The number of hydrogen-bond acceptors (Lipinski definition) is 5. The molecule has 1 aromatic heterocycles. The van der Waals surface area contributed by atoms with Crippen molar-refractivity contribution in [2.24, 2.45) is 0 Å². The average Bonchev–Trinajstić information content (AvgIpc) is 3.15. The molecule has 0 radical (unpaired) electrons. The summed E-state index contributed by atoms with van der Waals surface area (Å²) in [6.07, 6.45) is 0. The number of anilines is 2. The molecule has 1 heterocycles. The Morgan fingerprint density at radius 1 is 1.13 bits per heavy atom. The van der Waals surface area contributed by atoms with E-state index in [2.05, 4.69) is 15.6 Å². The van der Waals surface area contributed by atoms with Crippen LogP contribution in [0.15, 0.2) is 41.8 Å². The van der Waals surface area contributed by atoms with Crippen LogP contribution >= 0.6 is 11.3 Å². The van der Waals surface area contributed by atoms with Crippen LogP contribution in [-0.2, 0) is 9.53 Å². The van der Waals surface area contributed by atoms with Gasteiger partial charge in [-0.05, 0) is 32.0 Å². The lowest BCUT2D eigenvalue weighted by atomic mass is 10.1. The van der Waals surface area contributed by atoms with Crippen LogP contribution in [0.1, 0.15) is 22.3 Å². The molecule has 0 bridgehead atoms. The van der Waals surface area contributed by atoms with Gasteiger partial charge in [0.2, 0.25) is 5.91 Å². The Hall–Kier alpha value is -3.17. The number of aromatic nitrogens is 1. The molecule has 6 nitrogen and oxygen atoms in total. The predicted octanol–water partition coefficient (Wildman–Crippen LogP) is 4.62. The van der Waals surface area contributed by atoms with Gasteiger partial charge in [-0.1, -0.05) is 12.1 Å². The molecule has 0 atom stereocenters. The van der Waals surface area contributed by atoms with Crippen molar-refractivity contribution in [1.29, 1.82) is 0 Å². The maximum atomic E-state index is 14.2. The largest absolute Gasteiger partial charge is 0.372 e. The summed E-state index contributed by atoms with van der Waals surface area (Å²) in [6, 6.07) is 8.44. The van der Waals surface area contributed by atoms with E-state index in [1.54, 1.807) is 25.1 Å². The monoisotopic (exact) mass is 431 g/mol. The summed E-state index contributed by atoms with van der Waals surface area (Å²) >= 11 is 1.50. The number of nitrogens with one attached hydrogen (secondary N) is 2. The van der Waals surface area contributed by atoms with Crippen LogP contribution in [0.4, 0.5) is 20.2 Å². The fourth-order valence-electron chi connectivity index (χ4n) is 2.65. The van der Waals surface area contributed by atoms with E-state index in [1.807, 2.05) is 18.4 Å². The number of hydrogen-bond donors (Lipinski definition) is 2. The first-order valence-electron chi connectivity index (χ1n) is 9.08. The summed E-state index contributed by atoms with van der Waals surface area (Å²) in [5.74, 6) is -3.42. The van der Waals surface area contributed by atoms with E-state index in [0.717, 1.165) is 22.3 Å². The number of thiazole rings is 1. The summed E-state index contributed by atoms with van der Waals surface area (Å²) in [5, 5.41) is 7.66. The van der Waals surface area contributed by atoms with E-state index in [-0.39, 0.29) is 12.3 Å². The normalized spacial score (nSPS) is 10.7. The molecule has 0 aliphatic carbocycles. The smallest absolute Gasteiger partial charge is 0.258 e. The Labute approximate surface area is 175 Å². The van der Waals surface area contributed by atoms with Crippen molar-refractivity contribution in [3.8, 4) is 11.3 Å². The summed E-state index contributed by atoms with van der Waals surface area (Å²) in [5.41, 5.74) is 1.27. The minimum Gasteiger partial charge on any atom is -0.372 e. The Kier molecular flexibility index (Phi) is 6.86. The van der Waals surface area contributed by atoms with Crippen molar-refractivity contribution in [3.63, 3.8) is 0 Å². The molecule has 0 saturated heterocycles. The number of nitrogens with zero attached hydrogens (tertiary/aromatic N) is 1. The third kappa shape index (κ3) is 5.25. The van der Waals surface area contributed by atoms with Gasteiger partial charge < -0.3 is 15.4 Å². The van der Waals surface area contributed by atoms with Crippen LogP contribution in [0, 0.1) is 18.6 Å². The zero-order valence-corrected chi connectivity index (χ0v) is 17.1. The highest BCUT2D eigenvalue weighted by Crippen LogP contribution is 2.25. The Bertz CT molecular complexity index is 1090. The molecule has 2 N–H and O–H groups in total. The Morgan fingerprint density at radius 2 is 1.93 bits per heavy atom. The van der Waals surface area contributed by atoms with Crippen LogP contribution in [0.2, 0.25) is 0 Å². The van der Waals surface area contributed by atoms with Gasteiger partial charge >= 0.3 is 0 Å². The molecule has 9 heteroatoms. The van der Waals surface area contributed by atoms with Gasteiger partial charge in [0.05, 0.1) is 22.0 Å². The summed E-state index contributed by atoms with van der Waals surface area (Å²) < 4.78 is 33.2. The number of aryl methyl sites for hydroxylation is 1. The van der Waals surface area contributed by atoms with Crippen LogP contribution in [0.25, 0.3) is 11.3 Å². The second-order valence-electron chi connectivity index (χ2n) is 6.28. The fraction of sp³-hybridized carbons (Fsp3) is 0.190. The van der Waals surface area contributed by atoms with Crippen molar-refractivity contribution in [1.82, 2.24) is 4.98 Å². The van der Waals surface area contributed by atoms with Crippen molar-refractivity contribution in [2.75, 3.05) is 23.8 Å². The average molecular weight is 431 g/mol. The molecule has 2 aromatic carbocycles. The highest BCUT2D eigenvalue weighted by Gasteiger charge is 2.18. The van der Waals surface area contributed by atoms with Gasteiger partial charge in [0.25, 0.3) is 5.91 Å². The Morgan fingerprint density at radius 3 is 2.63 bits per heavy atom. The first-order chi connectivity index (χ1) is 14.4. The van der Waals surface area contributed by atoms with Gasteiger partial charge in [-0.15, -0.1) is 11.3 Å². The maximum Gasteiger partial charge on any atom is 0.258 e. The number of benzene rings is 2. The van der Waals surface area contributed by atoms with E-state index in [0.29, 0.717) is 18.4 Å². The van der Waals surface area contributed by atoms with E-state index in [1.165, 1.54) is 11.3 Å². The van der Waals surface area contributed by atoms with Crippen LogP contribution in [-0.4, -0.2) is 30.0 Å². The number of ether oxygens (including phenoxy) is 1. The van der Waals surface area contributed by atoms with Gasteiger partial charge in [-0.25, -0.2) is 13.8 Å². The minimum absolute atomic E-state index is 0.280. The van der Waals surface area contributed by atoms with E-state index in [9.17, 15) is 18.4 Å². The molecule has 0 unspecified atom stereocenters. The summed E-state index contributed by atoms with van der Waals surface area (Å²) in [6.45, 7) is 3.63. The number of carbonyl (C=O) groups excluding carboxylic acids is 2. The molecule has 30 heavy (non-hydrogen) atoms. The number of carbonyl (C=O) groups is 2. The third-order valence-electron chi connectivity index (χ3n) is 4.05. The fourth-order valence-corrected chi connectivity index (χ4v) is 3.27. The van der Waals surface area contributed by atoms with Gasteiger partial charge in [-0.2, -0.15) is 0 Å². The second kappa shape index (κ2) is 9.55. The SMILES string of the molecule is CCOCC(=O)Nc1cc(C(=O)Nc2cccc(-c3csc(C)n3)c2)c(F)cc1F. The molecule has 2 amide bonds. The second-order valence-corrected chi connectivity index (χ2v) is 7.35. The van der Waals surface area contributed by atoms with Crippen molar-refractivity contribution < 1.29 is 23.1 Å².